The third-order valence-electron chi connectivity index (χ3n) is 1.13. The molecule has 0 N–H and O–H groups in total. The molecule has 0 aliphatic heterocycles. The number of rotatable bonds is 0. The van der Waals surface area contributed by atoms with Crippen LogP contribution >= 0.6 is 20.7 Å². The Morgan fingerprint density at radius 3 is 1.50 bits per heavy atom. The molecule has 1 heterocycles. The molecule has 1 aliphatic rings. The van der Waals surface area contributed by atoms with Gasteiger partial charge < -0.3 is 0 Å². The number of aryl methyl sites for hydroxylation is 2. The van der Waals surface area contributed by atoms with E-state index in [4.69, 9.17) is 0 Å². The molecule has 0 saturated carbocycles. The van der Waals surface area contributed by atoms with E-state index in [2.05, 4.69) is 0 Å². The molecular weight excluding hydrogens is 112 g/mol. The van der Waals surface area contributed by atoms with E-state index in [0.717, 1.165) is 0 Å². The van der Waals surface area contributed by atoms with Gasteiger partial charge in [-0.15, -0.1) is 0 Å². The normalized spacial score (nSPS) is 16.7. The molecule has 0 atom stereocenters. The topological polar surface area (TPSA) is 0 Å². The molecule has 1 aromatic rings. The molecule has 1 aromatic heterocycles. The van der Waals surface area contributed by atoms with Gasteiger partial charge in [-0.25, -0.2) is 0 Å². The summed E-state index contributed by atoms with van der Waals surface area (Å²) in [4.78, 5) is 3.33. The largest absolute Gasteiger partial charge is 0.0837 e. The van der Waals surface area contributed by atoms with Gasteiger partial charge in [0.2, 0.25) is 0 Å². The fraction of sp³-hybridized carbons (Fsp3) is 0.500. The highest BCUT2D eigenvalue weighted by Gasteiger charge is 2.17. The average molecular weight is 116 g/mol. The molecule has 2 rings (SSSR count). The third kappa shape index (κ3) is 0.210. The third-order valence-corrected chi connectivity index (χ3v) is 4.11. The molecular formula is C4H4S2. The Morgan fingerprint density at radius 2 is 1.50 bits per heavy atom. The van der Waals surface area contributed by atoms with Gasteiger partial charge in [-0.2, -0.15) is 0 Å². The molecule has 0 saturated heterocycles. The van der Waals surface area contributed by atoms with E-state index < -0.39 is 0 Å². The van der Waals surface area contributed by atoms with Crippen molar-refractivity contribution in [1.29, 1.82) is 0 Å². The van der Waals surface area contributed by atoms with Crippen LogP contribution in [0.1, 0.15) is 9.75 Å². The number of fused-ring (bicyclic) bond motifs is 1. The zero-order chi connectivity index (χ0) is 3.98. The van der Waals surface area contributed by atoms with Crippen LogP contribution in [0.5, 0.6) is 0 Å². The summed E-state index contributed by atoms with van der Waals surface area (Å²) in [5.41, 5.74) is 0. The van der Waals surface area contributed by atoms with Gasteiger partial charge in [0.05, 0.1) is 0 Å². The van der Waals surface area contributed by atoms with Crippen LogP contribution in [0.15, 0.2) is 0 Å². The lowest BCUT2D eigenvalue weighted by Gasteiger charge is -2.17. The van der Waals surface area contributed by atoms with Gasteiger partial charge >= 0.3 is 0 Å². The molecule has 0 bridgehead atoms. The zero-order valence-electron chi connectivity index (χ0n) is 3.23. The second-order valence-corrected chi connectivity index (χ2v) is 3.83. The lowest BCUT2D eigenvalue weighted by atomic mass is 10.1. The van der Waals surface area contributed by atoms with E-state index in [1.54, 1.807) is 9.75 Å². The highest BCUT2D eigenvalue weighted by Crippen LogP contribution is 2.37. The van der Waals surface area contributed by atoms with E-state index in [0.29, 0.717) is 0 Å². The van der Waals surface area contributed by atoms with E-state index in [-0.39, 0.29) is 0 Å². The summed E-state index contributed by atoms with van der Waals surface area (Å²) in [6, 6.07) is 0. The van der Waals surface area contributed by atoms with Crippen LogP contribution in [0.4, 0.5) is 0 Å². The minimum Gasteiger partial charge on any atom is -0.0837 e. The van der Waals surface area contributed by atoms with Crippen molar-refractivity contribution in [3.63, 3.8) is 0 Å². The summed E-state index contributed by atoms with van der Waals surface area (Å²) in [6.45, 7) is 0. The first-order valence-corrected chi connectivity index (χ1v) is 4.18. The molecule has 1 aliphatic carbocycles. The van der Waals surface area contributed by atoms with Crippen molar-refractivity contribution in [2.24, 2.45) is 0 Å². The first kappa shape index (κ1) is 3.22. The van der Waals surface area contributed by atoms with Gasteiger partial charge in [0.15, 0.2) is 0 Å². The summed E-state index contributed by atoms with van der Waals surface area (Å²) in [5.74, 6) is 0. The maximum absolute atomic E-state index is 1.95. The van der Waals surface area contributed by atoms with Gasteiger partial charge in [0, 0.05) is 9.75 Å². The van der Waals surface area contributed by atoms with Crippen molar-refractivity contribution >= 4 is 20.7 Å². The highest BCUT2D eigenvalue weighted by atomic mass is 32.9. The highest BCUT2D eigenvalue weighted by molar-refractivity contribution is 7.72. The first-order chi connectivity index (χ1) is 2.97. The minimum atomic E-state index is 1.38. The summed E-state index contributed by atoms with van der Waals surface area (Å²) >= 11 is 0. The molecule has 0 radical (unpaired) electrons. The van der Waals surface area contributed by atoms with Crippen molar-refractivity contribution in [2.45, 2.75) is 12.8 Å². The Labute approximate surface area is 43.8 Å². The first-order valence-electron chi connectivity index (χ1n) is 2.03. The van der Waals surface area contributed by atoms with Crippen LogP contribution in [0, 0.1) is 0 Å². The molecule has 0 amide bonds. The van der Waals surface area contributed by atoms with Gasteiger partial charge in [0.1, 0.15) is 0 Å². The van der Waals surface area contributed by atoms with E-state index >= 15 is 0 Å². The fourth-order valence-corrected chi connectivity index (χ4v) is 2.92. The van der Waals surface area contributed by atoms with Crippen LogP contribution in [0.3, 0.4) is 0 Å². The summed E-state index contributed by atoms with van der Waals surface area (Å²) in [6.07, 6.45) is 2.76. The van der Waals surface area contributed by atoms with Gasteiger partial charge in [-0.1, -0.05) is 20.7 Å². The predicted octanol–water partition coefficient (Wildman–Crippen LogP) is 1.91. The SMILES string of the molecule is C1Cc2ssc21. The maximum atomic E-state index is 1.95. The van der Waals surface area contributed by atoms with E-state index in [1.165, 1.54) is 12.8 Å². The molecule has 0 fully saturated rings. The van der Waals surface area contributed by atoms with Crippen molar-refractivity contribution in [2.75, 3.05) is 0 Å². The molecule has 0 nitrogen and oxygen atoms in total. The van der Waals surface area contributed by atoms with Crippen molar-refractivity contribution in [3.8, 4) is 0 Å². The Balaban J connectivity index is 2.60. The standard InChI is InChI=1S/C4H4S2/c1-2-4-3(1)5-6-4/h1-2H2. The summed E-state index contributed by atoms with van der Waals surface area (Å²) in [7, 11) is 3.90. The lowest BCUT2D eigenvalue weighted by molar-refractivity contribution is 0.890. The molecule has 6 heavy (non-hydrogen) atoms. The van der Waals surface area contributed by atoms with Crippen LogP contribution in [0.2, 0.25) is 0 Å². The van der Waals surface area contributed by atoms with Crippen molar-refractivity contribution < 1.29 is 0 Å². The summed E-state index contributed by atoms with van der Waals surface area (Å²) < 4.78 is 0. The van der Waals surface area contributed by atoms with Gasteiger partial charge in [-0.05, 0) is 12.8 Å². The van der Waals surface area contributed by atoms with Crippen molar-refractivity contribution in [3.05, 3.63) is 9.75 Å². The van der Waals surface area contributed by atoms with Crippen LogP contribution in [0.25, 0.3) is 0 Å². The summed E-state index contributed by atoms with van der Waals surface area (Å²) in [5, 5.41) is 0. The molecule has 32 valence electrons. The Morgan fingerprint density at radius 1 is 1.00 bits per heavy atom. The second-order valence-electron chi connectivity index (χ2n) is 1.51. The zero-order valence-corrected chi connectivity index (χ0v) is 4.86. The van der Waals surface area contributed by atoms with E-state index in [1.807, 2.05) is 20.7 Å². The Hall–Kier alpha value is 0.180. The van der Waals surface area contributed by atoms with E-state index in [9.17, 15) is 0 Å². The lowest BCUT2D eigenvalue weighted by Crippen LogP contribution is -2.04. The smallest absolute Gasteiger partial charge is 0.0295 e. The van der Waals surface area contributed by atoms with Gasteiger partial charge in [-0.3, -0.25) is 0 Å². The number of hydrogen-bond acceptors (Lipinski definition) is 2. The monoisotopic (exact) mass is 116 g/mol. The predicted molar refractivity (Wildman–Crippen MR) is 29.6 cm³/mol. The molecule has 0 unspecified atom stereocenters. The molecule has 0 spiro atoms. The second kappa shape index (κ2) is 0.873. The Kier molecular flexibility index (Phi) is 0.468. The Bertz CT molecular complexity index is 132. The van der Waals surface area contributed by atoms with Crippen LogP contribution < -0.4 is 0 Å². The van der Waals surface area contributed by atoms with Crippen LogP contribution in [-0.2, 0) is 12.8 Å². The van der Waals surface area contributed by atoms with Crippen LogP contribution in [-0.4, -0.2) is 0 Å². The number of hydrogen-bond donors (Lipinski definition) is 0. The average Bonchev–Trinajstić information content (AvgIpc) is 1.54. The van der Waals surface area contributed by atoms with Crippen molar-refractivity contribution in [1.82, 2.24) is 0 Å². The maximum Gasteiger partial charge on any atom is 0.0295 e. The van der Waals surface area contributed by atoms with Gasteiger partial charge in [0.25, 0.3) is 0 Å². The molecule has 0 aromatic carbocycles. The minimum absolute atomic E-state index is 1.38. The quantitative estimate of drug-likeness (QED) is 0.454. The fourth-order valence-electron chi connectivity index (χ4n) is 0.572. The molecule has 2 heteroatoms.